The fourth-order valence-electron chi connectivity index (χ4n) is 1.98. The largest absolute Gasteiger partial charge is 0.352 e. The summed E-state index contributed by atoms with van der Waals surface area (Å²) in [6.07, 6.45) is 5.20. The quantitative estimate of drug-likeness (QED) is 0.730. The molecule has 3 N–H and O–H groups in total. The second-order valence-corrected chi connectivity index (χ2v) is 4.82. The molecule has 1 fully saturated rings. The van der Waals surface area contributed by atoms with Gasteiger partial charge in [-0.25, -0.2) is 0 Å². The van der Waals surface area contributed by atoms with Crippen molar-refractivity contribution in [1.82, 2.24) is 5.32 Å². The Bertz CT molecular complexity index is 220. The van der Waals surface area contributed by atoms with Crippen molar-refractivity contribution in [3.8, 4) is 0 Å². The van der Waals surface area contributed by atoms with E-state index in [1.807, 2.05) is 13.8 Å². The predicted octanol–water partition coefficient (Wildman–Crippen LogP) is 1.81. The van der Waals surface area contributed by atoms with Gasteiger partial charge in [0.15, 0.2) is 0 Å². The van der Waals surface area contributed by atoms with Crippen molar-refractivity contribution in [3.63, 3.8) is 0 Å². The van der Waals surface area contributed by atoms with Gasteiger partial charge in [0, 0.05) is 6.04 Å². The number of nitrogens with one attached hydrogen (secondary N) is 1. The Hall–Kier alpha value is -0.570. The van der Waals surface area contributed by atoms with Gasteiger partial charge in [0.25, 0.3) is 0 Å². The van der Waals surface area contributed by atoms with Gasteiger partial charge < -0.3 is 11.1 Å². The van der Waals surface area contributed by atoms with Crippen LogP contribution in [0.3, 0.4) is 0 Å². The highest BCUT2D eigenvalue weighted by atomic mass is 16.2. The molecule has 0 aromatic rings. The number of nitrogens with two attached hydrogens (primary N) is 1. The van der Waals surface area contributed by atoms with E-state index in [1.165, 1.54) is 19.3 Å². The van der Waals surface area contributed by atoms with Crippen LogP contribution >= 0.6 is 0 Å². The summed E-state index contributed by atoms with van der Waals surface area (Å²) in [4.78, 5) is 11.9. The van der Waals surface area contributed by atoms with Gasteiger partial charge >= 0.3 is 0 Å². The minimum atomic E-state index is -0.669. The molecule has 1 amide bonds. The van der Waals surface area contributed by atoms with Crippen LogP contribution < -0.4 is 11.1 Å². The standard InChI is InChI=1S/C12H24N2O/c1-4-12(13,5-2)11(15)14-9(3)10-7-6-8-10/h9-10H,4-8,13H2,1-3H3,(H,14,15). The maximum Gasteiger partial charge on any atom is 0.240 e. The Morgan fingerprint density at radius 2 is 2.00 bits per heavy atom. The van der Waals surface area contributed by atoms with Gasteiger partial charge in [0.2, 0.25) is 5.91 Å². The Morgan fingerprint density at radius 1 is 1.47 bits per heavy atom. The zero-order valence-electron chi connectivity index (χ0n) is 10.2. The number of carbonyl (C=O) groups excluding carboxylic acids is 1. The fourth-order valence-corrected chi connectivity index (χ4v) is 1.98. The number of carbonyl (C=O) groups is 1. The highest BCUT2D eigenvalue weighted by molar-refractivity contribution is 5.86. The van der Waals surface area contributed by atoms with Crippen LogP contribution in [0.15, 0.2) is 0 Å². The van der Waals surface area contributed by atoms with Gasteiger partial charge in [0.05, 0.1) is 5.54 Å². The van der Waals surface area contributed by atoms with E-state index in [0.717, 1.165) is 0 Å². The molecule has 1 aliphatic carbocycles. The van der Waals surface area contributed by atoms with Crippen LogP contribution in [0.5, 0.6) is 0 Å². The zero-order chi connectivity index (χ0) is 11.5. The third-order valence-corrected chi connectivity index (χ3v) is 3.93. The van der Waals surface area contributed by atoms with Crippen molar-refractivity contribution in [1.29, 1.82) is 0 Å². The molecule has 15 heavy (non-hydrogen) atoms. The van der Waals surface area contributed by atoms with E-state index in [4.69, 9.17) is 5.73 Å². The van der Waals surface area contributed by atoms with E-state index in [0.29, 0.717) is 18.8 Å². The fraction of sp³-hybridized carbons (Fsp3) is 0.917. The normalized spacial score (nSPS) is 19.5. The third-order valence-electron chi connectivity index (χ3n) is 3.93. The van der Waals surface area contributed by atoms with E-state index in [2.05, 4.69) is 12.2 Å². The highest BCUT2D eigenvalue weighted by Gasteiger charge is 2.33. The maximum atomic E-state index is 11.9. The molecule has 0 spiro atoms. The predicted molar refractivity (Wildman–Crippen MR) is 62.4 cm³/mol. The molecule has 0 aromatic heterocycles. The maximum absolute atomic E-state index is 11.9. The molecule has 0 aromatic carbocycles. The Labute approximate surface area is 92.8 Å². The molecular weight excluding hydrogens is 188 g/mol. The molecule has 1 unspecified atom stereocenters. The smallest absolute Gasteiger partial charge is 0.240 e. The first-order valence-corrected chi connectivity index (χ1v) is 6.13. The SMILES string of the molecule is CCC(N)(CC)C(=O)NC(C)C1CCC1. The van der Waals surface area contributed by atoms with Crippen LogP contribution in [0.25, 0.3) is 0 Å². The molecule has 0 heterocycles. The van der Waals surface area contributed by atoms with Crippen LogP contribution in [-0.2, 0) is 4.79 Å². The molecule has 3 nitrogen and oxygen atoms in total. The number of amides is 1. The molecular formula is C12H24N2O. The second kappa shape index (κ2) is 4.97. The highest BCUT2D eigenvalue weighted by Crippen LogP contribution is 2.29. The Kier molecular flexibility index (Phi) is 4.14. The Morgan fingerprint density at radius 3 is 2.33 bits per heavy atom. The first-order valence-electron chi connectivity index (χ1n) is 6.13. The van der Waals surface area contributed by atoms with Crippen molar-refractivity contribution in [2.45, 2.75) is 64.5 Å². The van der Waals surface area contributed by atoms with Crippen molar-refractivity contribution in [2.24, 2.45) is 11.7 Å². The van der Waals surface area contributed by atoms with Crippen molar-refractivity contribution < 1.29 is 4.79 Å². The van der Waals surface area contributed by atoms with Crippen LogP contribution in [0.1, 0.15) is 52.9 Å². The van der Waals surface area contributed by atoms with E-state index in [1.54, 1.807) is 0 Å². The van der Waals surface area contributed by atoms with Gasteiger partial charge in [-0.2, -0.15) is 0 Å². The van der Waals surface area contributed by atoms with Gasteiger partial charge in [-0.05, 0) is 38.5 Å². The molecule has 0 aliphatic heterocycles. The summed E-state index contributed by atoms with van der Waals surface area (Å²) < 4.78 is 0. The van der Waals surface area contributed by atoms with Gasteiger partial charge in [0.1, 0.15) is 0 Å². The first-order chi connectivity index (χ1) is 7.03. The summed E-state index contributed by atoms with van der Waals surface area (Å²) in [7, 11) is 0. The zero-order valence-corrected chi connectivity index (χ0v) is 10.2. The molecule has 88 valence electrons. The molecule has 0 radical (unpaired) electrons. The molecule has 1 rings (SSSR count). The van der Waals surface area contributed by atoms with E-state index >= 15 is 0 Å². The summed E-state index contributed by atoms with van der Waals surface area (Å²) in [6.45, 7) is 6.03. The number of hydrogen-bond acceptors (Lipinski definition) is 2. The minimum absolute atomic E-state index is 0.0203. The monoisotopic (exact) mass is 212 g/mol. The third kappa shape index (κ3) is 2.71. The second-order valence-electron chi connectivity index (χ2n) is 4.82. The lowest BCUT2D eigenvalue weighted by molar-refractivity contribution is -0.127. The summed E-state index contributed by atoms with van der Waals surface area (Å²) in [6, 6.07) is 0.285. The average Bonchev–Trinajstić information content (AvgIpc) is 2.13. The Balaban J connectivity index is 2.45. The van der Waals surface area contributed by atoms with Crippen LogP contribution in [0.2, 0.25) is 0 Å². The molecule has 1 aliphatic rings. The van der Waals surface area contributed by atoms with Gasteiger partial charge in [-0.15, -0.1) is 0 Å². The molecule has 3 heteroatoms. The van der Waals surface area contributed by atoms with Crippen molar-refractivity contribution in [2.75, 3.05) is 0 Å². The topological polar surface area (TPSA) is 55.1 Å². The summed E-state index contributed by atoms with van der Waals surface area (Å²) in [5, 5.41) is 3.06. The van der Waals surface area contributed by atoms with Gasteiger partial charge in [-0.3, -0.25) is 4.79 Å². The minimum Gasteiger partial charge on any atom is -0.352 e. The summed E-state index contributed by atoms with van der Waals surface area (Å²) >= 11 is 0. The van der Waals surface area contributed by atoms with Crippen molar-refractivity contribution in [3.05, 3.63) is 0 Å². The lowest BCUT2D eigenvalue weighted by Gasteiger charge is -2.34. The van der Waals surface area contributed by atoms with E-state index in [-0.39, 0.29) is 11.9 Å². The summed E-state index contributed by atoms with van der Waals surface area (Å²) in [5.74, 6) is 0.693. The molecule has 1 atom stereocenters. The van der Waals surface area contributed by atoms with E-state index in [9.17, 15) is 4.79 Å². The van der Waals surface area contributed by atoms with E-state index < -0.39 is 5.54 Å². The number of hydrogen-bond donors (Lipinski definition) is 2. The van der Waals surface area contributed by atoms with Crippen LogP contribution in [-0.4, -0.2) is 17.5 Å². The van der Waals surface area contributed by atoms with Gasteiger partial charge in [-0.1, -0.05) is 20.3 Å². The average molecular weight is 212 g/mol. The molecule has 0 saturated heterocycles. The van der Waals surface area contributed by atoms with Crippen LogP contribution in [0, 0.1) is 5.92 Å². The lowest BCUT2D eigenvalue weighted by atomic mass is 9.80. The summed E-state index contributed by atoms with van der Waals surface area (Å²) in [5.41, 5.74) is 5.37. The van der Waals surface area contributed by atoms with Crippen molar-refractivity contribution >= 4 is 5.91 Å². The lowest BCUT2D eigenvalue weighted by Crippen LogP contribution is -2.56. The molecule has 0 bridgehead atoms. The van der Waals surface area contributed by atoms with Crippen LogP contribution in [0.4, 0.5) is 0 Å². The first kappa shape index (κ1) is 12.5. The molecule has 1 saturated carbocycles. The number of rotatable bonds is 5.